The highest BCUT2D eigenvalue weighted by molar-refractivity contribution is 6.05. The summed E-state index contributed by atoms with van der Waals surface area (Å²) in [6.45, 7) is 1.93. The minimum Gasteiger partial charge on any atom is -0.326 e. The van der Waals surface area contributed by atoms with Crippen molar-refractivity contribution in [1.82, 2.24) is 4.98 Å². The lowest BCUT2D eigenvalue weighted by molar-refractivity contribution is -0.117. The molecule has 1 aromatic carbocycles. The van der Waals surface area contributed by atoms with Crippen LogP contribution >= 0.6 is 0 Å². The van der Waals surface area contributed by atoms with Crippen LogP contribution in [0.5, 0.6) is 0 Å². The second-order valence-electron chi connectivity index (χ2n) is 7.91. The monoisotopic (exact) mass is 363 g/mol. The van der Waals surface area contributed by atoms with Gasteiger partial charge in [-0.15, -0.1) is 0 Å². The van der Waals surface area contributed by atoms with Gasteiger partial charge in [-0.05, 0) is 73.8 Å². The van der Waals surface area contributed by atoms with E-state index in [0.29, 0.717) is 23.6 Å². The number of fused-ring (bicyclic) bond motifs is 2. The second-order valence-corrected chi connectivity index (χ2v) is 7.91. The molecule has 2 aromatic rings. The van der Waals surface area contributed by atoms with Crippen LogP contribution < -0.4 is 10.6 Å². The Hall–Kier alpha value is -2.69. The smallest absolute Gasteiger partial charge is 0.255 e. The fourth-order valence-corrected chi connectivity index (χ4v) is 4.61. The van der Waals surface area contributed by atoms with Gasteiger partial charge in [0.25, 0.3) is 5.91 Å². The van der Waals surface area contributed by atoms with Gasteiger partial charge in [0.2, 0.25) is 5.91 Å². The minimum atomic E-state index is -0.189. The van der Waals surface area contributed by atoms with Crippen molar-refractivity contribution in [1.29, 1.82) is 0 Å². The molecule has 0 radical (unpaired) electrons. The van der Waals surface area contributed by atoms with E-state index in [4.69, 9.17) is 0 Å². The molecular formula is C22H25N3O2. The summed E-state index contributed by atoms with van der Waals surface area (Å²) in [5.41, 5.74) is 2.92. The molecule has 1 aromatic heterocycles. The van der Waals surface area contributed by atoms with E-state index in [1.54, 1.807) is 24.5 Å². The Labute approximate surface area is 159 Å². The van der Waals surface area contributed by atoms with Crippen molar-refractivity contribution < 1.29 is 9.59 Å². The van der Waals surface area contributed by atoms with Gasteiger partial charge in [0.1, 0.15) is 0 Å². The molecule has 0 spiro atoms. The number of hydrogen-bond acceptors (Lipinski definition) is 3. The van der Waals surface area contributed by atoms with Crippen LogP contribution in [-0.4, -0.2) is 16.8 Å². The first-order valence-corrected chi connectivity index (χ1v) is 9.70. The van der Waals surface area contributed by atoms with Gasteiger partial charge in [-0.1, -0.05) is 12.5 Å². The summed E-state index contributed by atoms with van der Waals surface area (Å²) in [7, 11) is 0. The molecule has 27 heavy (non-hydrogen) atoms. The molecule has 1 heterocycles. The van der Waals surface area contributed by atoms with E-state index in [1.165, 1.54) is 25.7 Å². The first-order valence-electron chi connectivity index (χ1n) is 9.70. The predicted octanol–water partition coefficient (Wildman–Crippen LogP) is 4.41. The number of carbonyl (C=O) groups excluding carboxylic acids is 2. The van der Waals surface area contributed by atoms with Gasteiger partial charge < -0.3 is 10.6 Å². The maximum Gasteiger partial charge on any atom is 0.255 e. The van der Waals surface area contributed by atoms with Crippen LogP contribution in [0, 0.1) is 24.7 Å². The molecule has 3 atom stereocenters. The number of anilines is 2. The molecule has 2 saturated carbocycles. The molecule has 140 valence electrons. The summed E-state index contributed by atoms with van der Waals surface area (Å²) in [6.07, 6.45) is 8.95. The molecule has 2 aliphatic rings. The molecule has 5 heteroatoms. The normalized spacial score (nSPS) is 23.2. The van der Waals surface area contributed by atoms with E-state index in [0.717, 1.165) is 23.1 Å². The van der Waals surface area contributed by atoms with Crippen molar-refractivity contribution in [3.63, 3.8) is 0 Å². The number of aryl methyl sites for hydroxylation is 1. The molecule has 0 unspecified atom stereocenters. The number of nitrogens with one attached hydrogen (secondary N) is 2. The van der Waals surface area contributed by atoms with Gasteiger partial charge in [0.05, 0.1) is 0 Å². The minimum absolute atomic E-state index is 0.0720. The van der Waals surface area contributed by atoms with Crippen molar-refractivity contribution in [2.24, 2.45) is 17.8 Å². The number of nitrogens with zero attached hydrogens (tertiary/aromatic N) is 1. The largest absolute Gasteiger partial charge is 0.326 e. The average molecular weight is 363 g/mol. The van der Waals surface area contributed by atoms with Gasteiger partial charge in [-0.3, -0.25) is 14.6 Å². The lowest BCUT2D eigenvalue weighted by atomic mass is 9.86. The van der Waals surface area contributed by atoms with E-state index in [1.807, 2.05) is 25.1 Å². The first kappa shape index (κ1) is 17.7. The van der Waals surface area contributed by atoms with Crippen LogP contribution in [0.3, 0.4) is 0 Å². The molecule has 2 aliphatic carbocycles. The summed E-state index contributed by atoms with van der Waals surface area (Å²) in [6, 6.07) is 8.97. The third kappa shape index (κ3) is 4.02. The number of benzene rings is 1. The van der Waals surface area contributed by atoms with Gasteiger partial charge in [-0.25, -0.2) is 0 Å². The van der Waals surface area contributed by atoms with Crippen molar-refractivity contribution >= 4 is 23.2 Å². The Morgan fingerprint density at radius 3 is 2.59 bits per heavy atom. The Balaban J connectivity index is 1.39. The number of hydrogen-bond donors (Lipinski definition) is 2. The SMILES string of the molecule is Cc1ccc(NC(=O)C[C@H]2C[C@H]3CC[C@H]2C3)cc1NC(=O)c1ccncc1. The molecule has 2 amide bonds. The fourth-order valence-electron chi connectivity index (χ4n) is 4.61. The standard InChI is InChI=1S/C22H25N3O2/c1-14-2-5-19(13-20(14)25-22(27)16-6-8-23-9-7-16)24-21(26)12-18-11-15-3-4-17(18)10-15/h2,5-9,13,15,17-18H,3-4,10-12H2,1H3,(H,24,26)(H,25,27)/t15-,17-,18+/m0/s1. The van der Waals surface area contributed by atoms with E-state index in [2.05, 4.69) is 15.6 Å². The number of rotatable bonds is 5. The van der Waals surface area contributed by atoms with Crippen LogP contribution in [0.1, 0.15) is 48.0 Å². The Kier molecular flexibility index (Phi) is 4.92. The third-order valence-corrected chi connectivity index (χ3v) is 6.04. The average Bonchev–Trinajstić information content (AvgIpc) is 3.28. The fraction of sp³-hybridized carbons (Fsp3) is 0.409. The lowest BCUT2D eigenvalue weighted by Crippen LogP contribution is -2.20. The third-order valence-electron chi connectivity index (χ3n) is 6.04. The quantitative estimate of drug-likeness (QED) is 0.827. The Bertz CT molecular complexity index is 850. The highest BCUT2D eigenvalue weighted by Gasteiger charge is 2.40. The zero-order chi connectivity index (χ0) is 18.8. The lowest BCUT2D eigenvalue weighted by Gasteiger charge is -2.21. The van der Waals surface area contributed by atoms with Gasteiger partial charge >= 0.3 is 0 Å². The summed E-state index contributed by atoms with van der Waals surface area (Å²) in [4.78, 5) is 28.8. The molecule has 2 bridgehead atoms. The van der Waals surface area contributed by atoms with Crippen LogP contribution in [0.2, 0.25) is 0 Å². The topological polar surface area (TPSA) is 71.1 Å². The maximum absolute atomic E-state index is 12.5. The van der Waals surface area contributed by atoms with E-state index >= 15 is 0 Å². The zero-order valence-electron chi connectivity index (χ0n) is 15.6. The van der Waals surface area contributed by atoms with Crippen LogP contribution in [0.4, 0.5) is 11.4 Å². The molecule has 2 N–H and O–H groups in total. The second kappa shape index (κ2) is 7.51. The molecular weight excluding hydrogens is 338 g/mol. The summed E-state index contributed by atoms with van der Waals surface area (Å²) in [5, 5.41) is 5.93. The number of amides is 2. The number of aromatic nitrogens is 1. The van der Waals surface area contributed by atoms with Crippen molar-refractivity contribution in [2.75, 3.05) is 10.6 Å². The molecule has 2 fully saturated rings. The summed E-state index contributed by atoms with van der Waals surface area (Å²) < 4.78 is 0. The van der Waals surface area contributed by atoms with Gasteiger partial charge in [0.15, 0.2) is 0 Å². The van der Waals surface area contributed by atoms with Crippen LogP contribution in [0.25, 0.3) is 0 Å². The Morgan fingerprint density at radius 1 is 1.07 bits per heavy atom. The van der Waals surface area contributed by atoms with Gasteiger partial charge in [0, 0.05) is 35.8 Å². The molecule has 5 nitrogen and oxygen atoms in total. The van der Waals surface area contributed by atoms with E-state index in [9.17, 15) is 9.59 Å². The highest BCUT2D eigenvalue weighted by atomic mass is 16.2. The van der Waals surface area contributed by atoms with Crippen LogP contribution in [-0.2, 0) is 4.79 Å². The van der Waals surface area contributed by atoms with Crippen molar-refractivity contribution in [2.45, 2.75) is 39.0 Å². The number of carbonyl (C=O) groups is 2. The zero-order valence-corrected chi connectivity index (χ0v) is 15.6. The predicted molar refractivity (Wildman–Crippen MR) is 106 cm³/mol. The van der Waals surface area contributed by atoms with E-state index in [-0.39, 0.29) is 11.8 Å². The molecule has 0 saturated heterocycles. The van der Waals surface area contributed by atoms with Crippen LogP contribution in [0.15, 0.2) is 42.7 Å². The van der Waals surface area contributed by atoms with Crippen molar-refractivity contribution in [3.8, 4) is 0 Å². The summed E-state index contributed by atoms with van der Waals surface area (Å²) in [5.74, 6) is 2.02. The van der Waals surface area contributed by atoms with E-state index < -0.39 is 0 Å². The highest BCUT2D eigenvalue weighted by Crippen LogP contribution is 2.49. The molecule has 4 rings (SSSR count). The maximum atomic E-state index is 12.5. The van der Waals surface area contributed by atoms with Crippen molar-refractivity contribution in [3.05, 3.63) is 53.9 Å². The summed E-state index contributed by atoms with van der Waals surface area (Å²) >= 11 is 0. The first-order chi connectivity index (χ1) is 13.1. The number of pyridine rings is 1. The Morgan fingerprint density at radius 2 is 1.89 bits per heavy atom. The van der Waals surface area contributed by atoms with Gasteiger partial charge in [-0.2, -0.15) is 0 Å². The molecule has 0 aliphatic heterocycles.